The van der Waals surface area contributed by atoms with E-state index in [-0.39, 0.29) is 16.6 Å². The molecule has 0 atom stereocenters. The Morgan fingerprint density at radius 3 is 2.49 bits per heavy atom. The van der Waals surface area contributed by atoms with E-state index in [2.05, 4.69) is 5.32 Å². The highest BCUT2D eigenvalue weighted by Crippen LogP contribution is 2.15. The Labute approximate surface area is 213 Å². The highest BCUT2D eigenvalue weighted by Gasteiger charge is 2.18. The van der Waals surface area contributed by atoms with Gasteiger partial charge in [-0.05, 0) is 54.3 Å². The zero-order valence-corrected chi connectivity index (χ0v) is 20.7. The normalized spacial score (nSPS) is 11.1. The lowest BCUT2D eigenvalue weighted by Crippen LogP contribution is -2.35. The van der Waals surface area contributed by atoms with Crippen LogP contribution in [0.4, 0.5) is 0 Å². The third-order valence-corrected chi connectivity index (χ3v) is 6.46. The number of nitrogens with zero attached hydrogens (tertiary/aromatic N) is 3. The first kappa shape index (κ1) is 24.0. The Balaban J connectivity index is 1.61. The van der Waals surface area contributed by atoms with Gasteiger partial charge in [-0.15, -0.1) is 0 Å². The van der Waals surface area contributed by atoms with Gasteiger partial charge in [0.1, 0.15) is 22.5 Å². The summed E-state index contributed by atoms with van der Waals surface area (Å²) in [6.45, 7) is 2.58. The molecule has 8 nitrogen and oxygen atoms in total. The van der Waals surface area contributed by atoms with Crippen LogP contribution in [-0.2, 0) is 19.5 Å². The zero-order valence-electron chi connectivity index (χ0n) is 20.7. The summed E-state index contributed by atoms with van der Waals surface area (Å²) in [5, 5.41) is 12.1. The van der Waals surface area contributed by atoms with E-state index < -0.39 is 5.91 Å². The van der Waals surface area contributed by atoms with Crippen molar-refractivity contribution in [1.29, 1.82) is 5.41 Å². The highest BCUT2D eigenvalue weighted by atomic mass is 16.5. The van der Waals surface area contributed by atoms with Crippen LogP contribution < -0.4 is 21.1 Å². The van der Waals surface area contributed by atoms with Crippen LogP contribution in [-0.4, -0.2) is 27.0 Å². The number of rotatable bonds is 7. The van der Waals surface area contributed by atoms with Crippen molar-refractivity contribution in [2.75, 3.05) is 7.11 Å². The molecule has 0 bridgehead atoms. The number of hydrogen-bond acceptors (Lipinski definition) is 5. The van der Waals surface area contributed by atoms with Gasteiger partial charge in [0.15, 0.2) is 0 Å². The van der Waals surface area contributed by atoms with Gasteiger partial charge in [0.05, 0.1) is 18.1 Å². The van der Waals surface area contributed by atoms with Crippen LogP contribution in [0, 0.1) is 12.3 Å². The van der Waals surface area contributed by atoms with E-state index in [0.29, 0.717) is 36.2 Å². The molecule has 0 saturated carbocycles. The molecule has 186 valence electrons. The largest absolute Gasteiger partial charge is 0.497 e. The van der Waals surface area contributed by atoms with Crippen LogP contribution in [0.1, 0.15) is 27.0 Å². The summed E-state index contributed by atoms with van der Waals surface area (Å²) in [5.41, 5.74) is 3.60. The van der Waals surface area contributed by atoms with Crippen molar-refractivity contribution < 1.29 is 9.53 Å². The zero-order chi connectivity index (χ0) is 25.9. The molecule has 0 radical (unpaired) electrons. The predicted octanol–water partition coefficient (Wildman–Crippen LogP) is 3.62. The molecule has 0 aliphatic carbocycles. The molecular weight excluding hydrogens is 466 g/mol. The van der Waals surface area contributed by atoms with Crippen molar-refractivity contribution in [2.24, 2.45) is 0 Å². The molecule has 3 aromatic heterocycles. The SMILES string of the molecule is COc1ccc(CCn2c(=N)c(C(=O)NCc3ccccc3)cc3c(=O)n4cccc(C)c4nc32)cc1. The summed E-state index contributed by atoms with van der Waals surface area (Å²) in [5.74, 6) is 0.347. The topological polar surface area (TPSA) is 101 Å². The molecular formula is C29H27N5O3. The Morgan fingerprint density at radius 1 is 1.00 bits per heavy atom. The van der Waals surface area contributed by atoms with Crippen LogP contribution in [0.15, 0.2) is 83.8 Å². The van der Waals surface area contributed by atoms with Crippen LogP contribution in [0.2, 0.25) is 0 Å². The smallest absolute Gasteiger partial charge is 0.267 e. The van der Waals surface area contributed by atoms with E-state index in [1.54, 1.807) is 23.9 Å². The second-order valence-electron chi connectivity index (χ2n) is 8.86. The molecule has 2 aromatic carbocycles. The summed E-state index contributed by atoms with van der Waals surface area (Å²) in [6.07, 6.45) is 2.25. The molecule has 1 amide bonds. The summed E-state index contributed by atoms with van der Waals surface area (Å²) in [7, 11) is 1.62. The number of carbonyl (C=O) groups is 1. The number of benzene rings is 2. The van der Waals surface area contributed by atoms with Crippen LogP contribution in [0.3, 0.4) is 0 Å². The van der Waals surface area contributed by atoms with Crippen LogP contribution in [0.5, 0.6) is 5.75 Å². The summed E-state index contributed by atoms with van der Waals surface area (Å²) in [4.78, 5) is 31.5. The van der Waals surface area contributed by atoms with Crippen LogP contribution in [0.25, 0.3) is 16.7 Å². The van der Waals surface area contributed by atoms with Gasteiger partial charge in [-0.1, -0.05) is 48.5 Å². The molecule has 5 aromatic rings. The van der Waals surface area contributed by atoms with Crippen molar-refractivity contribution in [3.05, 3.63) is 117 Å². The van der Waals surface area contributed by atoms with Gasteiger partial charge in [-0.25, -0.2) is 4.98 Å². The molecule has 0 fully saturated rings. The fourth-order valence-electron chi connectivity index (χ4n) is 4.39. The van der Waals surface area contributed by atoms with Gasteiger partial charge in [0.25, 0.3) is 11.5 Å². The number of nitrogens with one attached hydrogen (secondary N) is 2. The third kappa shape index (κ3) is 4.73. The minimum atomic E-state index is -0.414. The molecule has 0 saturated heterocycles. The Hall–Kier alpha value is -4.72. The number of methoxy groups -OCH3 is 1. The van der Waals surface area contributed by atoms with E-state index in [1.165, 1.54) is 10.5 Å². The first-order valence-corrected chi connectivity index (χ1v) is 12.0. The molecule has 0 spiro atoms. The third-order valence-electron chi connectivity index (χ3n) is 6.46. The highest BCUT2D eigenvalue weighted by molar-refractivity contribution is 5.96. The minimum Gasteiger partial charge on any atom is -0.497 e. The quantitative estimate of drug-likeness (QED) is 0.338. The van der Waals surface area contributed by atoms with Gasteiger partial charge >= 0.3 is 0 Å². The van der Waals surface area contributed by atoms with Crippen molar-refractivity contribution in [3.8, 4) is 5.75 Å². The number of aryl methyl sites for hydroxylation is 3. The number of pyridine rings is 2. The fraction of sp³-hybridized carbons (Fsp3) is 0.172. The molecule has 0 unspecified atom stereocenters. The Bertz CT molecular complexity index is 1720. The maximum Gasteiger partial charge on any atom is 0.267 e. The van der Waals surface area contributed by atoms with E-state index in [1.807, 2.05) is 67.6 Å². The predicted molar refractivity (Wildman–Crippen MR) is 142 cm³/mol. The van der Waals surface area contributed by atoms with E-state index in [4.69, 9.17) is 15.1 Å². The van der Waals surface area contributed by atoms with E-state index >= 15 is 0 Å². The summed E-state index contributed by atoms with van der Waals surface area (Å²) >= 11 is 0. The first-order valence-electron chi connectivity index (χ1n) is 12.0. The lowest BCUT2D eigenvalue weighted by atomic mass is 10.1. The molecule has 8 heteroatoms. The standard InChI is InChI=1S/C29H27N5O3/c1-19-7-6-15-34-26(19)32-27-24(29(34)36)17-23(28(35)31-18-21-8-4-3-5-9-21)25(30)33(27)16-14-20-10-12-22(37-2)13-11-20/h3-13,15,17,30H,14,16,18H2,1-2H3,(H,31,35). The number of hydrogen-bond donors (Lipinski definition) is 2. The number of aromatic nitrogens is 3. The maximum atomic E-state index is 13.5. The second-order valence-corrected chi connectivity index (χ2v) is 8.86. The van der Waals surface area contributed by atoms with Crippen molar-refractivity contribution >= 4 is 22.6 Å². The first-order chi connectivity index (χ1) is 18.0. The van der Waals surface area contributed by atoms with Gasteiger partial charge < -0.3 is 14.6 Å². The number of ether oxygens (including phenoxy) is 1. The van der Waals surface area contributed by atoms with Crippen LogP contribution >= 0.6 is 0 Å². The summed E-state index contributed by atoms with van der Waals surface area (Å²) in [6, 6.07) is 22.4. The maximum absolute atomic E-state index is 13.5. The Morgan fingerprint density at radius 2 is 1.76 bits per heavy atom. The van der Waals surface area contributed by atoms with E-state index in [9.17, 15) is 9.59 Å². The van der Waals surface area contributed by atoms with Crippen molar-refractivity contribution in [1.82, 2.24) is 19.3 Å². The average Bonchev–Trinajstić information content (AvgIpc) is 2.92. The fourth-order valence-corrected chi connectivity index (χ4v) is 4.39. The van der Waals surface area contributed by atoms with Gasteiger partial charge in [0, 0.05) is 19.3 Å². The Kier molecular flexibility index (Phi) is 6.55. The van der Waals surface area contributed by atoms with Gasteiger partial charge in [-0.3, -0.25) is 19.4 Å². The lowest BCUT2D eigenvalue weighted by Gasteiger charge is -2.15. The van der Waals surface area contributed by atoms with Crippen molar-refractivity contribution in [3.63, 3.8) is 0 Å². The monoisotopic (exact) mass is 493 g/mol. The molecule has 0 aliphatic heterocycles. The molecule has 2 N–H and O–H groups in total. The average molecular weight is 494 g/mol. The van der Waals surface area contributed by atoms with Crippen molar-refractivity contribution in [2.45, 2.75) is 26.4 Å². The number of carbonyl (C=O) groups excluding carboxylic acids is 1. The molecule has 5 rings (SSSR count). The molecule has 0 aliphatic rings. The molecule has 3 heterocycles. The van der Waals surface area contributed by atoms with Gasteiger partial charge in [-0.2, -0.15) is 0 Å². The van der Waals surface area contributed by atoms with E-state index in [0.717, 1.165) is 22.4 Å². The minimum absolute atomic E-state index is 0.0106. The lowest BCUT2D eigenvalue weighted by molar-refractivity contribution is 0.0948. The number of amides is 1. The summed E-state index contributed by atoms with van der Waals surface area (Å²) < 4.78 is 8.39. The second kappa shape index (κ2) is 10.1. The number of fused-ring (bicyclic) bond motifs is 2. The van der Waals surface area contributed by atoms with Gasteiger partial charge in [0.2, 0.25) is 0 Å². The molecule has 37 heavy (non-hydrogen) atoms.